The molecule has 1 aliphatic heterocycles. The second-order valence-electron chi connectivity index (χ2n) is 5.84. The predicted molar refractivity (Wildman–Crippen MR) is 99.2 cm³/mol. The van der Waals surface area contributed by atoms with Crippen LogP contribution in [0.15, 0.2) is 52.8 Å². The number of rotatable bonds is 8. The van der Waals surface area contributed by atoms with E-state index in [1.807, 2.05) is 49.2 Å². The van der Waals surface area contributed by atoms with Gasteiger partial charge in [-0.15, -0.1) is 0 Å². The van der Waals surface area contributed by atoms with Gasteiger partial charge in [0, 0.05) is 20.3 Å². The second kappa shape index (κ2) is 9.08. The zero-order valence-electron chi connectivity index (χ0n) is 14.6. The number of aliphatic imine (C=N–C) groups is 1. The van der Waals surface area contributed by atoms with Gasteiger partial charge in [0.05, 0.1) is 12.4 Å². The Morgan fingerprint density at radius 1 is 1.42 bits per heavy atom. The Morgan fingerprint density at radius 3 is 2.79 bits per heavy atom. The van der Waals surface area contributed by atoms with Gasteiger partial charge in [-0.2, -0.15) is 5.10 Å². The van der Waals surface area contributed by atoms with Crippen LogP contribution in [0.2, 0.25) is 0 Å². The molecule has 1 saturated heterocycles. The van der Waals surface area contributed by atoms with Crippen LogP contribution in [0.1, 0.15) is 19.8 Å². The van der Waals surface area contributed by atoms with Crippen molar-refractivity contribution in [3.8, 4) is 5.75 Å². The molecule has 2 rings (SSSR count). The van der Waals surface area contributed by atoms with Crippen molar-refractivity contribution in [3.05, 3.63) is 42.7 Å². The van der Waals surface area contributed by atoms with Gasteiger partial charge in [0.2, 0.25) is 0 Å². The van der Waals surface area contributed by atoms with Crippen LogP contribution in [0, 0.1) is 0 Å². The number of nitrogens with zero attached hydrogens (tertiary/aromatic N) is 4. The van der Waals surface area contributed by atoms with Gasteiger partial charge in [-0.3, -0.25) is 0 Å². The van der Waals surface area contributed by atoms with Crippen molar-refractivity contribution < 1.29 is 4.74 Å². The maximum atomic E-state index is 5.86. The number of hydrogen-bond donors (Lipinski definition) is 1. The lowest BCUT2D eigenvalue weighted by molar-refractivity contribution is 0.116. The highest BCUT2D eigenvalue weighted by Gasteiger charge is 2.21. The molecule has 0 amide bonds. The highest BCUT2D eigenvalue weighted by atomic mass is 16.5. The summed E-state index contributed by atoms with van der Waals surface area (Å²) >= 11 is 0. The van der Waals surface area contributed by atoms with Crippen LogP contribution in [0.5, 0.6) is 5.75 Å². The van der Waals surface area contributed by atoms with Crippen LogP contribution in [-0.4, -0.2) is 55.4 Å². The van der Waals surface area contributed by atoms with Gasteiger partial charge >= 0.3 is 0 Å². The van der Waals surface area contributed by atoms with Crippen molar-refractivity contribution in [1.29, 1.82) is 0 Å². The van der Waals surface area contributed by atoms with E-state index in [0.717, 1.165) is 31.7 Å². The van der Waals surface area contributed by atoms with Gasteiger partial charge in [0.1, 0.15) is 11.6 Å². The molecule has 1 fully saturated rings. The summed E-state index contributed by atoms with van der Waals surface area (Å²) in [7, 11) is 1.91. The Hall–Kier alpha value is -2.34. The third-order valence-corrected chi connectivity index (χ3v) is 4.05. The Balaban J connectivity index is 1.89. The molecule has 0 aromatic heterocycles. The van der Waals surface area contributed by atoms with Crippen LogP contribution in [0.25, 0.3) is 0 Å². The lowest BCUT2D eigenvalue weighted by atomic mass is 10.1. The monoisotopic (exact) mass is 329 g/mol. The summed E-state index contributed by atoms with van der Waals surface area (Å²) in [6.45, 7) is 11.6. The summed E-state index contributed by atoms with van der Waals surface area (Å²) in [5, 5.41) is 9.24. The molecule has 24 heavy (non-hydrogen) atoms. The molecule has 1 aromatic carbocycles. The molecule has 1 N–H and O–H groups in total. The van der Waals surface area contributed by atoms with E-state index in [1.54, 1.807) is 11.3 Å². The smallest absolute Gasteiger partial charge is 0.169 e. The first-order chi connectivity index (χ1) is 11.6. The summed E-state index contributed by atoms with van der Waals surface area (Å²) in [4.78, 5) is 6.31. The molecule has 0 spiro atoms. The van der Waals surface area contributed by atoms with Gasteiger partial charge in [-0.1, -0.05) is 24.8 Å². The zero-order chi connectivity index (χ0) is 17.4. The molecule has 6 heteroatoms. The number of hydrogen-bond acceptors (Lipinski definition) is 5. The van der Waals surface area contributed by atoms with Crippen molar-refractivity contribution in [1.82, 2.24) is 15.2 Å². The lowest BCUT2D eigenvalue weighted by Crippen LogP contribution is -2.42. The minimum atomic E-state index is -0.148. The first-order valence-electron chi connectivity index (χ1n) is 8.25. The van der Waals surface area contributed by atoms with Gasteiger partial charge < -0.3 is 15.0 Å². The van der Waals surface area contributed by atoms with Crippen molar-refractivity contribution in [3.63, 3.8) is 0 Å². The maximum absolute atomic E-state index is 5.86. The molecule has 1 aliphatic rings. The van der Waals surface area contributed by atoms with Crippen LogP contribution < -0.4 is 10.1 Å². The molecule has 1 unspecified atom stereocenters. The molecule has 130 valence electrons. The SMILES string of the molecule is C=NN(C(=C)N=CN(C)C(C)Oc1ccccc1)[C@@H]1CCCNC1. The summed E-state index contributed by atoms with van der Waals surface area (Å²) in [5.41, 5.74) is 0. The first-order valence-corrected chi connectivity index (χ1v) is 8.25. The maximum Gasteiger partial charge on any atom is 0.169 e. The third-order valence-electron chi connectivity index (χ3n) is 4.05. The Morgan fingerprint density at radius 2 is 2.17 bits per heavy atom. The average molecular weight is 329 g/mol. The van der Waals surface area contributed by atoms with E-state index < -0.39 is 0 Å². The quantitative estimate of drug-likeness (QED) is 0.345. The van der Waals surface area contributed by atoms with Crippen molar-refractivity contribution in [2.45, 2.75) is 32.0 Å². The Kier molecular flexibility index (Phi) is 6.81. The first kappa shape index (κ1) is 18.0. The van der Waals surface area contributed by atoms with Crippen LogP contribution >= 0.6 is 0 Å². The molecule has 0 radical (unpaired) electrons. The van der Waals surface area contributed by atoms with Crippen molar-refractivity contribution >= 4 is 13.1 Å². The molecule has 0 saturated carbocycles. The highest BCUT2D eigenvalue weighted by molar-refractivity contribution is 5.56. The number of nitrogens with one attached hydrogen (secondary N) is 1. The molecule has 2 atom stereocenters. The third kappa shape index (κ3) is 5.09. The van der Waals surface area contributed by atoms with Gasteiger partial charge in [-0.05, 0) is 38.4 Å². The second-order valence-corrected chi connectivity index (χ2v) is 5.84. The fourth-order valence-electron chi connectivity index (χ4n) is 2.54. The van der Waals surface area contributed by atoms with E-state index in [1.165, 1.54) is 0 Å². The van der Waals surface area contributed by atoms with Crippen molar-refractivity contribution in [2.24, 2.45) is 10.1 Å². The largest absolute Gasteiger partial charge is 0.471 e. The fourth-order valence-corrected chi connectivity index (χ4v) is 2.54. The van der Waals surface area contributed by atoms with Gasteiger partial charge in [0.25, 0.3) is 0 Å². The van der Waals surface area contributed by atoms with Gasteiger partial charge in [-0.25, -0.2) is 10.0 Å². The number of para-hydroxylation sites is 1. The zero-order valence-corrected chi connectivity index (χ0v) is 14.6. The van der Waals surface area contributed by atoms with Crippen molar-refractivity contribution in [2.75, 3.05) is 20.1 Å². The van der Waals surface area contributed by atoms with E-state index in [2.05, 4.69) is 28.7 Å². The molecular formula is C18H27N5O. The number of benzene rings is 1. The molecular weight excluding hydrogens is 302 g/mol. The normalized spacial score (nSPS) is 18.8. The number of hydrazone groups is 1. The standard InChI is InChI=1S/C18H27N5O/c1-15(23(19-3)17-9-8-12-20-13-17)21-14-22(4)16(2)24-18-10-6-5-7-11-18/h5-7,10-11,14,16-17,20H,1,3,8-9,12-13H2,2,4H3/t16?,17-/m1/s1. The van der Waals surface area contributed by atoms with Gasteiger partial charge in [0.15, 0.2) is 6.23 Å². The fraction of sp³-hybridized carbons (Fsp3) is 0.444. The van der Waals surface area contributed by atoms with E-state index in [4.69, 9.17) is 4.74 Å². The van der Waals surface area contributed by atoms with E-state index in [-0.39, 0.29) is 12.3 Å². The molecule has 1 aromatic rings. The Labute approximate surface area is 144 Å². The predicted octanol–water partition coefficient (Wildman–Crippen LogP) is 2.51. The van der Waals surface area contributed by atoms with E-state index >= 15 is 0 Å². The summed E-state index contributed by atoms with van der Waals surface area (Å²) < 4.78 is 5.86. The molecule has 1 heterocycles. The molecule has 6 nitrogen and oxygen atoms in total. The molecule has 0 bridgehead atoms. The van der Waals surface area contributed by atoms with E-state index in [9.17, 15) is 0 Å². The minimum absolute atomic E-state index is 0.148. The minimum Gasteiger partial charge on any atom is -0.471 e. The lowest BCUT2D eigenvalue weighted by Gasteiger charge is -2.32. The highest BCUT2D eigenvalue weighted by Crippen LogP contribution is 2.16. The van der Waals surface area contributed by atoms with Crippen LogP contribution in [0.3, 0.4) is 0 Å². The van der Waals surface area contributed by atoms with E-state index in [0.29, 0.717) is 5.82 Å². The topological polar surface area (TPSA) is 52.5 Å². The van der Waals surface area contributed by atoms with Crippen LogP contribution in [0.4, 0.5) is 0 Å². The summed E-state index contributed by atoms with van der Waals surface area (Å²) in [6, 6.07) is 9.97. The van der Waals surface area contributed by atoms with Crippen LogP contribution in [-0.2, 0) is 0 Å². The Bertz CT molecular complexity index is 554. The molecule has 0 aliphatic carbocycles. The summed E-state index contributed by atoms with van der Waals surface area (Å²) in [5.74, 6) is 1.41. The summed E-state index contributed by atoms with van der Waals surface area (Å²) in [6.07, 6.45) is 3.74. The number of ether oxygens (including phenoxy) is 1. The average Bonchev–Trinajstić information content (AvgIpc) is 2.62. The number of piperidine rings is 1.